The molecule has 0 aliphatic carbocycles. The Morgan fingerprint density at radius 1 is 0.947 bits per heavy atom. The molecule has 4 nitrogen and oxygen atoms in total. The molecule has 19 heavy (non-hydrogen) atoms. The first-order valence-electron chi connectivity index (χ1n) is 7.79. The molecule has 0 aromatic heterocycles. The van der Waals surface area contributed by atoms with Crippen molar-refractivity contribution in [3.63, 3.8) is 0 Å². The Morgan fingerprint density at radius 2 is 1.47 bits per heavy atom. The SMILES string of the molecule is CCN(CC)P(N(CC)CC)N1CCCCCC1=O. The highest BCUT2D eigenvalue weighted by molar-refractivity contribution is 7.50. The van der Waals surface area contributed by atoms with Crippen molar-refractivity contribution in [2.75, 3.05) is 32.7 Å². The van der Waals surface area contributed by atoms with E-state index >= 15 is 0 Å². The highest BCUT2D eigenvalue weighted by Gasteiger charge is 2.32. The zero-order chi connectivity index (χ0) is 14.3. The quantitative estimate of drug-likeness (QED) is 0.672. The summed E-state index contributed by atoms with van der Waals surface area (Å²) in [5.41, 5.74) is 0. The molecule has 0 unspecified atom stereocenters. The molecule has 0 aromatic carbocycles. The van der Waals surface area contributed by atoms with Gasteiger partial charge in [-0.3, -0.25) is 18.8 Å². The minimum atomic E-state index is -0.612. The largest absolute Gasteiger partial charge is 0.296 e. The van der Waals surface area contributed by atoms with Gasteiger partial charge in [0.15, 0.2) is 8.37 Å². The van der Waals surface area contributed by atoms with Gasteiger partial charge in [0.05, 0.1) is 0 Å². The van der Waals surface area contributed by atoms with Gasteiger partial charge in [0, 0.05) is 39.1 Å². The zero-order valence-electron chi connectivity index (χ0n) is 13.1. The van der Waals surface area contributed by atoms with Gasteiger partial charge in [0.2, 0.25) is 5.91 Å². The van der Waals surface area contributed by atoms with Crippen LogP contribution < -0.4 is 0 Å². The molecule has 5 heteroatoms. The topological polar surface area (TPSA) is 26.8 Å². The highest BCUT2D eigenvalue weighted by Crippen LogP contribution is 2.48. The van der Waals surface area contributed by atoms with Crippen LogP contribution in [0.25, 0.3) is 0 Å². The number of rotatable bonds is 7. The lowest BCUT2D eigenvalue weighted by Gasteiger charge is -2.43. The molecule has 0 radical (unpaired) electrons. The Bertz CT molecular complexity index is 255. The fraction of sp³-hybridized carbons (Fsp3) is 0.929. The molecule has 0 N–H and O–H groups in total. The average Bonchev–Trinajstić information content (AvgIpc) is 2.64. The van der Waals surface area contributed by atoms with Gasteiger partial charge < -0.3 is 0 Å². The first kappa shape index (κ1) is 16.9. The highest BCUT2D eigenvalue weighted by atomic mass is 31.2. The summed E-state index contributed by atoms with van der Waals surface area (Å²) in [5, 5.41) is 0. The Kier molecular flexibility index (Phi) is 7.89. The van der Waals surface area contributed by atoms with E-state index in [2.05, 4.69) is 41.7 Å². The van der Waals surface area contributed by atoms with Gasteiger partial charge >= 0.3 is 0 Å². The summed E-state index contributed by atoms with van der Waals surface area (Å²) in [6.07, 6.45) is 4.16. The van der Waals surface area contributed by atoms with Crippen molar-refractivity contribution < 1.29 is 4.79 Å². The number of hydrogen-bond acceptors (Lipinski definition) is 3. The predicted molar refractivity (Wildman–Crippen MR) is 82.9 cm³/mol. The van der Waals surface area contributed by atoms with E-state index in [1.54, 1.807) is 0 Å². The summed E-state index contributed by atoms with van der Waals surface area (Å²) < 4.78 is 7.11. The zero-order valence-corrected chi connectivity index (χ0v) is 14.0. The molecule has 112 valence electrons. The van der Waals surface area contributed by atoms with Crippen LogP contribution >= 0.6 is 8.37 Å². The van der Waals surface area contributed by atoms with Gasteiger partial charge in [-0.1, -0.05) is 34.1 Å². The number of nitrogens with zero attached hydrogens (tertiary/aromatic N) is 3. The van der Waals surface area contributed by atoms with Crippen LogP contribution in [0.15, 0.2) is 0 Å². The Labute approximate surface area is 120 Å². The van der Waals surface area contributed by atoms with Gasteiger partial charge in [0.1, 0.15) is 0 Å². The van der Waals surface area contributed by atoms with Crippen molar-refractivity contribution in [3.8, 4) is 0 Å². The molecule has 1 rings (SSSR count). The molecule has 0 bridgehead atoms. The van der Waals surface area contributed by atoms with Gasteiger partial charge in [-0.25, -0.2) is 0 Å². The lowest BCUT2D eigenvalue weighted by Crippen LogP contribution is -2.40. The van der Waals surface area contributed by atoms with E-state index in [0.29, 0.717) is 5.91 Å². The molecule has 0 spiro atoms. The van der Waals surface area contributed by atoms with Crippen molar-refractivity contribution in [3.05, 3.63) is 0 Å². The molecule has 0 atom stereocenters. The van der Waals surface area contributed by atoms with E-state index in [9.17, 15) is 4.79 Å². The Morgan fingerprint density at radius 3 is 1.95 bits per heavy atom. The van der Waals surface area contributed by atoms with E-state index in [1.807, 2.05) is 0 Å². The molecule has 1 aliphatic rings. The van der Waals surface area contributed by atoms with Gasteiger partial charge in [-0.05, 0) is 12.8 Å². The summed E-state index contributed by atoms with van der Waals surface area (Å²) in [7, 11) is -0.612. The van der Waals surface area contributed by atoms with E-state index in [-0.39, 0.29) is 0 Å². The summed E-state index contributed by atoms with van der Waals surface area (Å²) in [6, 6.07) is 0. The van der Waals surface area contributed by atoms with Crippen molar-refractivity contribution >= 4 is 14.3 Å². The summed E-state index contributed by atoms with van der Waals surface area (Å²) in [6.45, 7) is 13.8. The fourth-order valence-corrected chi connectivity index (χ4v) is 5.20. The van der Waals surface area contributed by atoms with Crippen molar-refractivity contribution in [1.29, 1.82) is 0 Å². The predicted octanol–water partition coefficient (Wildman–Crippen LogP) is 3.30. The van der Waals surface area contributed by atoms with Crippen LogP contribution in [0.4, 0.5) is 0 Å². The minimum Gasteiger partial charge on any atom is -0.296 e. The number of carbonyl (C=O) groups excluding carboxylic acids is 1. The molecule has 0 aromatic rings. The number of hydrogen-bond donors (Lipinski definition) is 0. The van der Waals surface area contributed by atoms with Gasteiger partial charge in [-0.2, -0.15) is 0 Å². The summed E-state index contributed by atoms with van der Waals surface area (Å²) in [4.78, 5) is 12.4. The molecule has 1 aliphatic heterocycles. The second-order valence-corrected chi connectivity index (χ2v) is 7.02. The normalized spacial score (nSPS) is 17.6. The first-order valence-corrected chi connectivity index (χ1v) is 8.99. The maximum Gasteiger partial charge on any atom is 0.227 e. The molecule has 1 heterocycles. The summed E-state index contributed by atoms with van der Waals surface area (Å²) in [5.74, 6) is 0.363. The summed E-state index contributed by atoms with van der Waals surface area (Å²) >= 11 is 0. The van der Waals surface area contributed by atoms with Gasteiger partial charge in [0.25, 0.3) is 0 Å². The van der Waals surface area contributed by atoms with E-state index in [0.717, 1.165) is 52.0 Å². The number of amides is 1. The van der Waals surface area contributed by atoms with Crippen molar-refractivity contribution in [2.45, 2.75) is 53.4 Å². The second-order valence-electron chi connectivity index (χ2n) is 4.87. The van der Waals surface area contributed by atoms with E-state index in [1.165, 1.54) is 6.42 Å². The minimum absolute atomic E-state index is 0.363. The molecule has 1 saturated heterocycles. The molecular formula is C14H30N3OP. The maximum atomic E-state index is 12.4. The lowest BCUT2D eigenvalue weighted by atomic mass is 10.2. The van der Waals surface area contributed by atoms with Crippen LogP contribution in [-0.2, 0) is 4.79 Å². The Balaban J connectivity index is 2.95. The molecular weight excluding hydrogens is 257 g/mol. The van der Waals surface area contributed by atoms with Crippen molar-refractivity contribution in [2.24, 2.45) is 0 Å². The molecule has 1 fully saturated rings. The van der Waals surface area contributed by atoms with Crippen molar-refractivity contribution in [1.82, 2.24) is 14.0 Å². The molecule has 1 amide bonds. The van der Waals surface area contributed by atoms with Crippen LogP contribution in [0.1, 0.15) is 53.4 Å². The first-order chi connectivity index (χ1) is 9.19. The third-order valence-corrected chi connectivity index (χ3v) is 6.73. The smallest absolute Gasteiger partial charge is 0.227 e. The fourth-order valence-electron chi connectivity index (χ4n) is 2.59. The Hall–Kier alpha value is -0.180. The molecule has 0 saturated carbocycles. The van der Waals surface area contributed by atoms with Crippen LogP contribution in [0.2, 0.25) is 0 Å². The monoisotopic (exact) mass is 287 g/mol. The van der Waals surface area contributed by atoms with Gasteiger partial charge in [-0.15, -0.1) is 0 Å². The van der Waals surface area contributed by atoms with Crippen LogP contribution in [-0.4, -0.2) is 52.6 Å². The maximum absolute atomic E-state index is 12.4. The second kappa shape index (κ2) is 8.89. The third-order valence-electron chi connectivity index (χ3n) is 3.73. The van der Waals surface area contributed by atoms with Crippen LogP contribution in [0.5, 0.6) is 0 Å². The van der Waals surface area contributed by atoms with Crippen LogP contribution in [0, 0.1) is 0 Å². The third kappa shape index (κ3) is 4.40. The lowest BCUT2D eigenvalue weighted by molar-refractivity contribution is -0.126. The average molecular weight is 287 g/mol. The van der Waals surface area contributed by atoms with E-state index in [4.69, 9.17) is 0 Å². The van der Waals surface area contributed by atoms with E-state index < -0.39 is 8.37 Å². The number of carbonyl (C=O) groups is 1. The van der Waals surface area contributed by atoms with Crippen LogP contribution in [0.3, 0.4) is 0 Å². The standard InChI is InChI=1S/C14H30N3OP/c1-5-15(6-2)19(16(7-3)8-4)17-13-11-9-10-12-14(17)18/h5-13H2,1-4H3.